The van der Waals surface area contributed by atoms with Gasteiger partial charge in [0.1, 0.15) is 0 Å². The zero-order valence-electron chi connectivity index (χ0n) is 13.3. The van der Waals surface area contributed by atoms with Gasteiger partial charge in [-0.1, -0.05) is 6.42 Å². The van der Waals surface area contributed by atoms with Crippen molar-refractivity contribution in [1.82, 2.24) is 4.90 Å². The highest BCUT2D eigenvalue weighted by Crippen LogP contribution is 2.35. The van der Waals surface area contributed by atoms with E-state index in [0.29, 0.717) is 6.04 Å². The fourth-order valence-corrected chi connectivity index (χ4v) is 2.97. The summed E-state index contributed by atoms with van der Waals surface area (Å²) in [5, 5.41) is 2.56. The molecule has 128 valence electrons. The first-order valence-electron chi connectivity index (χ1n) is 7.73. The van der Waals surface area contributed by atoms with Crippen molar-refractivity contribution in [1.29, 1.82) is 0 Å². The number of rotatable bonds is 3. The van der Waals surface area contributed by atoms with Gasteiger partial charge >= 0.3 is 6.18 Å². The third kappa shape index (κ3) is 4.16. The van der Waals surface area contributed by atoms with Crippen LogP contribution < -0.4 is 11.1 Å². The second kappa shape index (κ2) is 6.78. The van der Waals surface area contributed by atoms with Crippen molar-refractivity contribution in [2.24, 2.45) is 0 Å². The van der Waals surface area contributed by atoms with E-state index in [4.69, 9.17) is 5.73 Å². The van der Waals surface area contributed by atoms with E-state index in [9.17, 15) is 18.0 Å². The van der Waals surface area contributed by atoms with E-state index in [2.05, 4.69) is 17.1 Å². The average Bonchev–Trinajstić information content (AvgIpc) is 2.48. The first kappa shape index (κ1) is 17.6. The quantitative estimate of drug-likeness (QED) is 0.835. The average molecular weight is 329 g/mol. The van der Waals surface area contributed by atoms with Crippen molar-refractivity contribution < 1.29 is 18.0 Å². The smallest absolute Gasteiger partial charge is 0.398 e. The Labute approximate surface area is 133 Å². The number of amides is 1. The molecule has 2 atom stereocenters. The van der Waals surface area contributed by atoms with Crippen molar-refractivity contribution >= 4 is 17.3 Å². The molecule has 0 aromatic heterocycles. The number of hydrogen-bond donors (Lipinski definition) is 2. The van der Waals surface area contributed by atoms with Gasteiger partial charge in [0.05, 0.1) is 11.6 Å². The Morgan fingerprint density at radius 2 is 2.09 bits per heavy atom. The summed E-state index contributed by atoms with van der Waals surface area (Å²) in [6, 6.07) is 3.32. The maximum atomic E-state index is 12.9. The fraction of sp³-hybridized carbons (Fsp3) is 0.562. The first-order valence-corrected chi connectivity index (χ1v) is 7.73. The van der Waals surface area contributed by atoms with E-state index in [1.165, 1.54) is 6.07 Å². The number of nitrogens with one attached hydrogen (secondary N) is 1. The Hall–Kier alpha value is -1.76. The molecule has 1 aliphatic rings. The second-order valence-corrected chi connectivity index (χ2v) is 6.05. The summed E-state index contributed by atoms with van der Waals surface area (Å²) < 4.78 is 38.6. The maximum absolute atomic E-state index is 12.9. The molecule has 1 fully saturated rings. The van der Waals surface area contributed by atoms with E-state index in [1.54, 1.807) is 6.92 Å². The summed E-state index contributed by atoms with van der Waals surface area (Å²) in [5.74, 6) is -0.309. The lowest BCUT2D eigenvalue weighted by Gasteiger charge is -2.37. The molecule has 3 N–H and O–H groups in total. The highest BCUT2D eigenvalue weighted by Gasteiger charge is 2.33. The number of alkyl halides is 3. The van der Waals surface area contributed by atoms with Crippen LogP contribution in [0, 0.1) is 0 Å². The number of likely N-dealkylation sites (tertiary alicyclic amines) is 1. The number of nitrogens with two attached hydrogens (primary N) is 1. The number of benzene rings is 1. The highest BCUT2D eigenvalue weighted by atomic mass is 19.4. The van der Waals surface area contributed by atoms with Crippen LogP contribution in [0.5, 0.6) is 0 Å². The molecule has 0 spiro atoms. The monoisotopic (exact) mass is 329 g/mol. The number of carbonyl (C=O) groups is 1. The summed E-state index contributed by atoms with van der Waals surface area (Å²) in [5.41, 5.74) is 4.18. The third-order valence-electron chi connectivity index (χ3n) is 4.36. The van der Waals surface area contributed by atoms with Crippen LogP contribution in [0.4, 0.5) is 24.5 Å². The predicted molar refractivity (Wildman–Crippen MR) is 84.0 cm³/mol. The molecule has 7 heteroatoms. The standard InChI is InChI=1S/C16H22F3N3O/c1-10-5-3-4-8-22(10)11(2)15(23)21-12-6-7-14(20)13(9-12)16(17,18)19/h6-7,9-11H,3-5,8,20H2,1-2H3,(H,21,23). The Bertz CT molecular complexity index is 574. The molecule has 0 saturated carbocycles. The van der Waals surface area contributed by atoms with Gasteiger partial charge in [0.15, 0.2) is 0 Å². The van der Waals surface area contributed by atoms with Gasteiger partial charge in [-0.3, -0.25) is 9.69 Å². The highest BCUT2D eigenvalue weighted by molar-refractivity contribution is 5.94. The van der Waals surface area contributed by atoms with Crippen molar-refractivity contribution in [2.45, 2.75) is 51.4 Å². The molecule has 1 saturated heterocycles. The molecule has 0 aliphatic carbocycles. The van der Waals surface area contributed by atoms with Crippen LogP contribution in [-0.2, 0) is 11.0 Å². The van der Waals surface area contributed by atoms with Gasteiger partial charge in [0.2, 0.25) is 5.91 Å². The van der Waals surface area contributed by atoms with Gasteiger partial charge in [-0.25, -0.2) is 0 Å². The SMILES string of the molecule is CC1CCCCN1C(C)C(=O)Nc1ccc(N)c(C(F)(F)F)c1. The number of carbonyl (C=O) groups excluding carboxylic acids is 1. The van der Waals surface area contributed by atoms with Crippen molar-refractivity contribution in [3.05, 3.63) is 23.8 Å². The van der Waals surface area contributed by atoms with Gasteiger partial charge < -0.3 is 11.1 Å². The number of nitrogens with zero attached hydrogens (tertiary/aromatic N) is 1. The molecule has 0 bridgehead atoms. The normalized spacial score (nSPS) is 21.0. The molecule has 4 nitrogen and oxygen atoms in total. The van der Waals surface area contributed by atoms with Crippen LogP contribution in [0.1, 0.15) is 38.7 Å². The van der Waals surface area contributed by atoms with E-state index < -0.39 is 17.8 Å². The molecule has 1 amide bonds. The van der Waals surface area contributed by atoms with Crippen LogP contribution >= 0.6 is 0 Å². The Kier molecular flexibility index (Phi) is 5.19. The number of piperidine rings is 1. The van der Waals surface area contributed by atoms with Crippen molar-refractivity contribution in [3.8, 4) is 0 Å². The minimum absolute atomic E-state index is 0.105. The summed E-state index contributed by atoms with van der Waals surface area (Å²) in [7, 11) is 0. The molecule has 1 aliphatic heterocycles. The fourth-order valence-electron chi connectivity index (χ4n) is 2.97. The Balaban J connectivity index is 2.11. The minimum atomic E-state index is -4.54. The number of halogens is 3. The predicted octanol–water partition coefficient (Wildman–Crippen LogP) is 3.49. The van der Waals surface area contributed by atoms with Crippen LogP contribution in [0.2, 0.25) is 0 Å². The number of nitrogen functional groups attached to an aromatic ring is 1. The van der Waals surface area contributed by atoms with E-state index in [1.807, 2.05) is 0 Å². The van der Waals surface area contributed by atoms with Crippen LogP contribution in [0.3, 0.4) is 0 Å². The van der Waals surface area contributed by atoms with E-state index in [0.717, 1.165) is 37.9 Å². The lowest BCUT2D eigenvalue weighted by atomic mass is 10.0. The van der Waals surface area contributed by atoms with Gasteiger partial charge in [0.25, 0.3) is 0 Å². The van der Waals surface area contributed by atoms with Crippen LogP contribution in [0.15, 0.2) is 18.2 Å². The van der Waals surface area contributed by atoms with Gasteiger partial charge in [0, 0.05) is 17.4 Å². The number of anilines is 2. The molecule has 1 aromatic rings. The van der Waals surface area contributed by atoms with Gasteiger partial charge in [-0.05, 0) is 51.4 Å². The van der Waals surface area contributed by atoms with Crippen LogP contribution in [-0.4, -0.2) is 29.4 Å². The molecule has 1 aromatic carbocycles. The largest absolute Gasteiger partial charge is 0.418 e. The summed E-state index contributed by atoms with van der Waals surface area (Å²) in [4.78, 5) is 14.4. The summed E-state index contributed by atoms with van der Waals surface area (Å²) in [6.07, 6.45) is -1.35. The van der Waals surface area contributed by atoms with Crippen molar-refractivity contribution in [3.63, 3.8) is 0 Å². The molecule has 1 heterocycles. The van der Waals surface area contributed by atoms with Gasteiger partial charge in [-0.2, -0.15) is 13.2 Å². The Morgan fingerprint density at radius 1 is 1.39 bits per heavy atom. The molecular weight excluding hydrogens is 307 g/mol. The molecular formula is C16H22F3N3O. The van der Waals surface area contributed by atoms with Crippen molar-refractivity contribution in [2.75, 3.05) is 17.6 Å². The molecule has 2 rings (SSSR count). The van der Waals surface area contributed by atoms with E-state index >= 15 is 0 Å². The number of hydrogen-bond acceptors (Lipinski definition) is 3. The lowest BCUT2D eigenvalue weighted by molar-refractivity contribution is -0.137. The van der Waals surface area contributed by atoms with E-state index in [-0.39, 0.29) is 17.3 Å². The minimum Gasteiger partial charge on any atom is -0.398 e. The maximum Gasteiger partial charge on any atom is 0.418 e. The Morgan fingerprint density at radius 3 is 2.70 bits per heavy atom. The summed E-state index contributed by atoms with van der Waals surface area (Å²) >= 11 is 0. The summed E-state index contributed by atoms with van der Waals surface area (Å²) in [6.45, 7) is 4.67. The molecule has 23 heavy (non-hydrogen) atoms. The zero-order chi connectivity index (χ0) is 17.2. The first-order chi connectivity index (χ1) is 10.7. The van der Waals surface area contributed by atoms with Crippen LogP contribution in [0.25, 0.3) is 0 Å². The third-order valence-corrected chi connectivity index (χ3v) is 4.36. The second-order valence-electron chi connectivity index (χ2n) is 6.05. The molecule has 2 unspecified atom stereocenters. The lowest BCUT2D eigenvalue weighted by Crippen LogP contribution is -2.48. The topological polar surface area (TPSA) is 58.4 Å². The molecule has 0 radical (unpaired) electrons. The van der Waals surface area contributed by atoms with Gasteiger partial charge in [-0.15, -0.1) is 0 Å². The zero-order valence-corrected chi connectivity index (χ0v) is 13.3.